The van der Waals surface area contributed by atoms with E-state index in [4.69, 9.17) is 0 Å². The van der Waals surface area contributed by atoms with E-state index in [0.717, 1.165) is 37.4 Å². The molecule has 1 saturated heterocycles. The summed E-state index contributed by atoms with van der Waals surface area (Å²) in [5.74, 6) is -0.517. The molecule has 2 aromatic carbocycles. The lowest BCUT2D eigenvalue weighted by Gasteiger charge is -2.35. The van der Waals surface area contributed by atoms with Gasteiger partial charge < -0.3 is 5.32 Å². The molecule has 0 radical (unpaired) electrons. The number of imide groups is 1. The third-order valence-electron chi connectivity index (χ3n) is 6.42. The minimum Gasteiger partial charge on any atom is -0.326 e. The Labute approximate surface area is 215 Å². The lowest BCUT2D eigenvalue weighted by molar-refractivity contribution is -0.124. The third kappa shape index (κ3) is 6.17. The van der Waals surface area contributed by atoms with Gasteiger partial charge in [-0.3, -0.25) is 24.0 Å². The molecule has 0 unspecified atom stereocenters. The predicted octanol–water partition coefficient (Wildman–Crippen LogP) is 5.45. The van der Waals surface area contributed by atoms with Gasteiger partial charge >= 0.3 is 0 Å². The molecule has 1 saturated carbocycles. The van der Waals surface area contributed by atoms with Gasteiger partial charge in [-0.15, -0.1) is 0 Å². The molecule has 0 atom stereocenters. The van der Waals surface area contributed by atoms with Crippen LogP contribution in [0.1, 0.15) is 51.5 Å². The topological polar surface area (TPSA) is 113 Å². The first-order valence-corrected chi connectivity index (χ1v) is 14.1. The van der Waals surface area contributed by atoms with Crippen LogP contribution in [-0.4, -0.2) is 36.9 Å². The summed E-state index contributed by atoms with van der Waals surface area (Å²) in [5.41, 5.74) is 1.52. The zero-order valence-electron chi connectivity index (χ0n) is 20.2. The van der Waals surface area contributed by atoms with Gasteiger partial charge in [0.05, 0.1) is 9.80 Å². The second kappa shape index (κ2) is 10.5. The standard InChI is InChI=1S/C26H29N3O5S2/c1-18(30)27-20-10-12-22(13-11-20)36(33,34)28-21-8-6-19(7-9-21)16-23-24(31)29(25(32)35-23)17-26(2)14-4-3-5-15-26/h6-13,16,28H,3-5,14-15,17H2,1-2H3,(H,27,30)/b23-16+. The second-order valence-corrected chi connectivity index (χ2v) is 12.2. The molecule has 1 aliphatic carbocycles. The van der Waals surface area contributed by atoms with Crippen LogP contribution in [-0.2, 0) is 19.6 Å². The van der Waals surface area contributed by atoms with Crippen LogP contribution in [0.3, 0.4) is 0 Å². The maximum atomic E-state index is 12.9. The zero-order chi connectivity index (χ0) is 25.9. The van der Waals surface area contributed by atoms with Crippen LogP contribution in [0, 0.1) is 5.41 Å². The largest absolute Gasteiger partial charge is 0.326 e. The smallest absolute Gasteiger partial charge is 0.293 e. The minimum absolute atomic E-state index is 0.0251. The fourth-order valence-electron chi connectivity index (χ4n) is 4.51. The highest BCUT2D eigenvalue weighted by Gasteiger charge is 2.40. The van der Waals surface area contributed by atoms with E-state index in [1.54, 1.807) is 30.3 Å². The Balaban J connectivity index is 1.42. The van der Waals surface area contributed by atoms with Crippen molar-refractivity contribution in [1.82, 2.24) is 4.90 Å². The van der Waals surface area contributed by atoms with Gasteiger partial charge in [0.2, 0.25) is 5.91 Å². The zero-order valence-corrected chi connectivity index (χ0v) is 21.9. The van der Waals surface area contributed by atoms with Gasteiger partial charge in [-0.2, -0.15) is 0 Å². The molecule has 2 fully saturated rings. The molecule has 36 heavy (non-hydrogen) atoms. The summed E-state index contributed by atoms with van der Waals surface area (Å²) >= 11 is 0.941. The fraction of sp³-hybridized carbons (Fsp3) is 0.346. The first-order valence-electron chi connectivity index (χ1n) is 11.8. The summed E-state index contributed by atoms with van der Waals surface area (Å²) in [4.78, 5) is 38.4. The number of hydrogen-bond donors (Lipinski definition) is 2. The summed E-state index contributed by atoms with van der Waals surface area (Å²) in [6.07, 6.45) is 7.15. The summed E-state index contributed by atoms with van der Waals surface area (Å²) in [5, 5.41) is 2.35. The first-order chi connectivity index (χ1) is 17.0. The molecule has 3 amide bonds. The van der Waals surface area contributed by atoms with Gasteiger partial charge in [0.15, 0.2) is 0 Å². The number of thioether (sulfide) groups is 1. The number of nitrogens with one attached hydrogen (secondary N) is 2. The summed E-state index contributed by atoms with van der Waals surface area (Å²) in [7, 11) is -3.82. The highest BCUT2D eigenvalue weighted by molar-refractivity contribution is 8.18. The monoisotopic (exact) mass is 527 g/mol. The number of hydrogen-bond acceptors (Lipinski definition) is 6. The van der Waals surface area contributed by atoms with Crippen LogP contribution in [0.15, 0.2) is 58.3 Å². The molecule has 10 heteroatoms. The first kappa shape index (κ1) is 26.0. The van der Waals surface area contributed by atoms with Gasteiger partial charge in [-0.25, -0.2) is 8.42 Å². The molecule has 4 rings (SSSR count). The Kier molecular flexibility index (Phi) is 7.56. The molecule has 190 valence electrons. The van der Waals surface area contributed by atoms with Crippen molar-refractivity contribution in [2.75, 3.05) is 16.6 Å². The van der Waals surface area contributed by atoms with Gasteiger partial charge in [-0.1, -0.05) is 38.3 Å². The number of anilines is 2. The highest BCUT2D eigenvalue weighted by atomic mass is 32.2. The third-order valence-corrected chi connectivity index (χ3v) is 8.72. The molecule has 0 spiro atoms. The van der Waals surface area contributed by atoms with Crippen molar-refractivity contribution in [3.05, 3.63) is 59.0 Å². The van der Waals surface area contributed by atoms with E-state index in [0.29, 0.717) is 28.4 Å². The van der Waals surface area contributed by atoms with Crippen molar-refractivity contribution in [2.45, 2.75) is 50.8 Å². The number of carbonyl (C=O) groups excluding carboxylic acids is 3. The Bertz CT molecular complexity index is 1300. The Hall–Kier alpha value is -3.11. The van der Waals surface area contributed by atoms with Crippen molar-refractivity contribution < 1.29 is 22.8 Å². The normalized spacial score (nSPS) is 18.9. The number of sulfonamides is 1. The van der Waals surface area contributed by atoms with Crippen LogP contribution in [0.5, 0.6) is 0 Å². The van der Waals surface area contributed by atoms with E-state index in [2.05, 4.69) is 17.0 Å². The molecule has 8 nitrogen and oxygen atoms in total. The van der Waals surface area contributed by atoms with Crippen molar-refractivity contribution in [2.24, 2.45) is 5.41 Å². The van der Waals surface area contributed by atoms with Crippen molar-refractivity contribution >= 4 is 56.3 Å². The van der Waals surface area contributed by atoms with E-state index < -0.39 is 10.0 Å². The van der Waals surface area contributed by atoms with Crippen LogP contribution in [0.2, 0.25) is 0 Å². The molecule has 1 aliphatic heterocycles. The van der Waals surface area contributed by atoms with E-state index in [-0.39, 0.29) is 27.4 Å². The van der Waals surface area contributed by atoms with E-state index >= 15 is 0 Å². The predicted molar refractivity (Wildman–Crippen MR) is 142 cm³/mol. The van der Waals surface area contributed by atoms with E-state index in [9.17, 15) is 22.8 Å². The lowest BCUT2D eigenvalue weighted by Crippen LogP contribution is -2.39. The molecule has 2 aromatic rings. The lowest BCUT2D eigenvalue weighted by atomic mass is 9.75. The number of benzene rings is 2. The molecular formula is C26H29N3O5S2. The van der Waals surface area contributed by atoms with Crippen molar-refractivity contribution in [1.29, 1.82) is 0 Å². The van der Waals surface area contributed by atoms with Gasteiger partial charge in [0.1, 0.15) is 0 Å². The van der Waals surface area contributed by atoms with Crippen LogP contribution >= 0.6 is 11.8 Å². The van der Waals surface area contributed by atoms with Crippen LogP contribution < -0.4 is 10.0 Å². The maximum Gasteiger partial charge on any atom is 0.293 e. The molecule has 0 aromatic heterocycles. The maximum absolute atomic E-state index is 12.9. The van der Waals surface area contributed by atoms with Crippen molar-refractivity contribution in [3.8, 4) is 0 Å². The Morgan fingerprint density at radius 1 is 1.00 bits per heavy atom. The van der Waals surface area contributed by atoms with Gasteiger partial charge in [0, 0.05) is 24.8 Å². The number of rotatable bonds is 7. The highest BCUT2D eigenvalue weighted by Crippen LogP contribution is 2.40. The average Bonchev–Trinajstić information content (AvgIpc) is 3.07. The second-order valence-electron chi connectivity index (χ2n) is 9.57. The van der Waals surface area contributed by atoms with Gasteiger partial charge in [0.25, 0.3) is 21.2 Å². The van der Waals surface area contributed by atoms with Crippen LogP contribution in [0.25, 0.3) is 6.08 Å². The summed E-state index contributed by atoms with van der Waals surface area (Å²) < 4.78 is 27.9. The molecule has 2 N–H and O–H groups in total. The van der Waals surface area contributed by atoms with Crippen molar-refractivity contribution in [3.63, 3.8) is 0 Å². The quantitative estimate of drug-likeness (QED) is 0.463. The van der Waals surface area contributed by atoms with E-state index in [1.165, 1.54) is 42.5 Å². The minimum atomic E-state index is -3.82. The van der Waals surface area contributed by atoms with Crippen LogP contribution in [0.4, 0.5) is 16.2 Å². The fourth-order valence-corrected chi connectivity index (χ4v) is 6.41. The SMILES string of the molecule is CC(=O)Nc1ccc(S(=O)(=O)Nc2ccc(/C=C3/SC(=O)N(CC4(C)CCCCC4)C3=O)cc2)cc1. The number of amides is 3. The number of nitrogens with zero attached hydrogens (tertiary/aromatic N) is 1. The van der Waals surface area contributed by atoms with E-state index in [1.807, 2.05) is 0 Å². The molecule has 0 bridgehead atoms. The number of carbonyl (C=O) groups is 3. The summed E-state index contributed by atoms with van der Waals surface area (Å²) in [6.45, 7) is 3.97. The Morgan fingerprint density at radius 3 is 2.22 bits per heavy atom. The molecule has 1 heterocycles. The van der Waals surface area contributed by atoms with Gasteiger partial charge in [-0.05, 0) is 78.1 Å². The Morgan fingerprint density at radius 2 is 1.61 bits per heavy atom. The molecule has 2 aliphatic rings. The molecular weight excluding hydrogens is 498 g/mol. The summed E-state index contributed by atoms with van der Waals surface area (Å²) in [6, 6.07) is 12.4. The average molecular weight is 528 g/mol.